The molecule has 0 aromatic carbocycles. The molecule has 0 fully saturated rings. The molecular weight excluding hydrogens is 172 g/mol. The van der Waals surface area contributed by atoms with E-state index in [1.807, 2.05) is 0 Å². The van der Waals surface area contributed by atoms with E-state index in [0.29, 0.717) is 0 Å². The van der Waals surface area contributed by atoms with Gasteiger partial charge in [-0.25, -0.2) is 4.98 Å². The minimum Gasteiger partial charge on any atom is -0.481 e. The van der Waals surface area contributed by atoms with Crippen LogP contribution in [0.25, 0.3) is 0 Å². The average molecular weight is 182 g/mol. The molecule has 1 unspecified atom stereocenters. The van der Waals surface area contributed by atoms with Crippen LogP contribution in [0.15, 0.2) is 18.7 Å². The highest BCUT2D eigenvalue weighted by Crippen LogP contribution is 2.04. The van der Waals surface area contributed by atoms with Crippen molar-refractivity contribution < 1.29 is 14.7 Å². The van der Waals surface area contributed by atoms with Crippen LogP contribution >= 0.6 is 0 Å². The molecule has 0 radical (unpaired) electrons. The number of aromatic nitrogens is 2. The van der Waals surface area contributed by atoms with Crippen molar-refractivity contribution in [2.45, 2.75) is 13.3 Å². The molecule has 1 N–H and O–H groups in total. The Balaban J connectivity index is 2.56. The zero-order chi connectivity index (χ0) is 9.84. The van der Waals surface area contributed by atoms with Gasteiger partial charge in [0.25, 0.3) is 0 Å². The van der Waals surface area contributed by atoms with Crippen LogP contribution in [-0.2, 0) is 4.79 Å². The fraction of sp³-hybridized carbons (Fsp3) is 0.375. The van der Waals surface area contributed by atoms with Gasteiger partial charge >= 0.3 is 5.97 Å². The number of hydrogen-bond donors (Lipinski definition) is 1. The first kappa shape index (κ1) is 9.44. The number of rotatable bonds is 3. The fourth-order valence-corrected chi connectivity index (χ4v) is 0.861. The molecular formula is C8H10N2O3. The number of carbonyl (C=O) groups excluding carboxylic acids is 1. The van der Waals surface area contributed by atoms with Crippen molar-refractivity contribution in [1.82, 2.24) is 9.55 Å². The van der Waals surface area contributed by atoms with E-state index in [2.05, 4.69) is 4.98 Å². The van der Waals surface area contributed by atoms with Gasteiger partial charge in [0.1, 0.15) is 6.33 Å². The molecule has 0 aliphatic carbocycles. The van der Waals surface area contributed by atoms with Gasteiger partial charge in [-0.2, -0.15) is 0 Å². The Hall–Kier alpha value is -1.65. The molecule has 1 rings (SSSR count). The number of nitrogens with zero attached hydrogens (tertiary/aromatic N) is 2. The molecule has 0 bridgehead atoms. The first-order valence-electron chi connectivity index (χ1n) is 3.85. The highest BCUT2D eigenvalue weighted by Gasteiger charge is 2.16. The second-order valence-electron chi connectivity index (χ2n) is 2.81. The smallest absolute Gasteiger partial charge is 0.306 e. The summed E-state index contributed by atoms with van der Waals surface area (Å²) in [7, 11) is 0. The summed E-state index contributed by atoms with van der Waals surface area (Å²) >= 11 is 0. The normalized spacial score (nSPS) is 12.4. The van der Waals surface area contributed by atoms with Gasteiger partial charge in [-0.1, -0.05) is 6.92 Å². The molecule has 0 amide bonds. The van der Waals surface area contributed by atoms with Crippen molar-refractivity contribution in [3.63, 3.8) is 0 Å². The maximum Gasteiger partial charge on any atom is 0.306 e. The summed E-state index contributed by atoms with van der Waals surface area (Å²) in [6.45, 7) is 1.50. The molecule has 5 heteroatoms. The monoisotopic (exact) mass is 182 g/mol. The number of carboxylic acids is 1. The standard InChI is InChI=1S/C8H10N2O3/c1-6(8(12)13)4-7(11)10-3-2-9-5-10/h2-3,5-6H,4H2,1H3,(H,12,13). The molecule has 0 saturated heterocycles. The molecule has 1 aromatic heterocycles. The van der Waals surface area contributed by atoms with Crippen LogP contribution in [0.2, 0.25) is 0 Å². The lowest BCUT2D eigenvalue weighted by atomic mass is 10.1. The zero-order valence-electron chi connectivity index (χ0n) is 7.17. The largest absolute Gasteiger partial charge is 0.481 e. The first-order chi connectivity index (χ1) is 6.11. The van der Waals surface area contributed by atoms with Crippen molar-refractivity contribution in [2.24, 2.45) is 5.92 Å². The number of hydrogen-bond acceptors (Lipinski definition) is 3. The second-order valence-corrected chi connectivity index (χ2v) is 2.81. The minimum absolute atomic E-state index is 0.00824. The number of carboxylic acid groups (broad SMARTS) is 1. The Labute approximate surface area is 75.0 Å². The van der Waals surface area contributed by atoms with Crippen molar-refractivity contribution in [3.8, 4) is 0 Å². The summed E-state index contributed by atoms with van der Waals surface area (Å²) in [5.74, 6) is -1.88. The van der Waals surface area contributed by atoms with E-state index in [0.717, 1.165) is 0 Å². The molecule has 1 aromatic rings. The van der Waals surface area contributed by atoms with Crippen LogP contribution in [0.3, 0.4) is 0 Å². The number of carbonyl (C=O) groups is 2. The van der Waals surface area contributed by atoms with Crippen LogP contribution in [0.4, 0.5) is 0 Å². The lowest BCUT2D eigenvalue weighted by Gasteiger charge is -2.04. The van der Waals surface area contributed by atoms with Gasteiger partial charge in [-0.05, 0) is 0 Å². The molecule has 70 valence electrons. The molecule has 5 nitrogen and oxygen atoms in total. The van der Waals surface area contributed by atoms with Gasteiger partial charge in [-0.3, -0.25) is 14.2 Å². The maximum atomic E-state index is 11.3. The second kappa shape index (κ2) is 3.84. The van der Waals surface area contributed by atoms with E-state index in [1.165, 1.54) is 30.2 Å². The topological polar surface area (TPSA) is 72.2 Å². The average Bonchev–Trinajstić information content (AvgIpc) is 2.55. The van der Waals surface area contributed by atoms with E-state index in [9.17, 15) is 9.59 Å². The van der Waals surface area contributed by atoms with Crippen LogP contribution in [-0.4, -0.2) is 26.5 Å². The molecule has 1 heterocycles. The quantitative estimate of drug-likeness (QED) is 0.744. The SMILES string of the molecule is CC(CC(=O)n1ccnc1)C(=O)O. The molecule has 0 saturated carbocycles. The third kappa shape index (κ3) is 2.40. The van der Waals surface area contributed by atoms with Gasteiger partial charge in [0.05, 0.1) is 5.92 Å². The lowest BCUT2D eigenvalue weighted by molar-refractivity contribution is -0.141. The Kier molecular flexibility index (Phi) is 2.79. The molecule has 0 aliphatic heterocycles. The summed E-state index contributed by atoms with van der Waals surface area (Å²) in [5, 5.41) is 8.55. The van der Waals surface area contributed by atoms with E-state index < -0.39 is 11.9 Å². The maximum absolute atomic E-state index is 11.3. The minimum atomic E-state index is -0.964. The van der Waals surface area contributed by atoms with E-state index in [-0.39, 0.29) is 12.3 Å². The summed E-state index contributed by atoms with van der Waals surface area (Å²) in [5.41, 5.74) is 0. The van der Waals surface area contributed by atoms with E-state index in [1.54, 1.807) is 0 Å². The highest BCUT2D eigenvalue weighted by atomic mass is 16.4. The fourth-order valence-electron chi connectivity index (χ4n) is 0.861. The van der Waals surface area contributed by atoms with E-state index >= 15 is 0 Å². The molecule has 13 heavy (non-hydrogen) atoms. The summed E-state index contributed by atoms with van der Waals surface area (Å²) in [6.07, 6.45) is 4.32. The predicted molar refractivity (Wildman–Crippen MR) is 44.3 cm³/mol. The number of aliphatic carboxylic acids is 1. The molecule has 1 atom stereocenters. The highest BCUT2D eigenvalue weighted by molar-refractivity contribution is 5.83. The van der Waals surface area contributed by atoms with Crippen LogP contribution in [0, 0.1) is 5.92 Å². The van der Waals surface area contributed by atoms with Gasteiger partial charge in [0.15, 0.2) is 0 Å². The van der Waals surface area contributed by atoms with Crippen molar-refractivity contribution in [2.75, 3.05) is 0 Å². The van der Waals surface area contributed by atoms with E-state index in [4.69, 9.17) is 5.11 Å². The number of imidazole rings is 1. The van der Waals surface area contributed by atoms with Gasteiger partial charge in [0, 0.05) is 18.8 Å². The third-order valence-corrected chi connectivity index (χ3v) is 1.69. The van der Waals surface area contributed by atoms with Crippen LogP contribution < -0.4 is 0 Å². The molecule has 0 spiro atoms. The Morgan fingerprint density at radius 2 is 2.31 bits per heavy atom. The lowest BCUT2D eigenvalue weighted by Crippen LogP contribution is -2.18. The molecule has 0 aliphatic rings. The van der Waals surface area contributed by atoms with Gasteiger partial charge in [-0.15, -0.1) is 0 Å². The Morgan fingerprint density at radius 3 is 2.77 bits per heavy atom. The first-order valence-corrected chi connectivity index (χ1v) is 3.85. The van der Waals surface area contributed by atoms with Crippen molar-refractivity contribution in [3.05, 3.63) is 18.7 Å². The summed E-state index contributed by atoms with van der Waals surface area (Å²) in [4.78, 5) is 25.4. The van der Waals surface area contributed by atoms with Gasteiger partial charge < -0.3 is 5.11 Å². The summed E-state index contributed by atoms with van der Waals surface area (Å²) < 4.78 is 1.28. The van der Waals surface area contributed by atoms with Crippen molar-refractivity contribution in [1.29, 1.82) is 0 Å². The van der Waals surface area contributed by atoms with Crippen LogP contribution in [0.1, 0.15) is 18.1 Å². The Bertz CT molecular complexity index is 305. The van der Waals surface area contributed by atoms with Gasteiger partial charge in [0.2, 0.25) is 5.91 Å². The zero-order valence-corrected chi connectivity index (χ0v) is 7.17. The van der Waals surface area contributed by atoms with Crippen molar-refractivity contribution >= 4 is 11.9 Å². The Morgan fingerprint density at radius 1 is 1.62 bits per heavy atom. The van der Waals surface area contributed by atoms with Crippen LogP contribution in [0.5, 0.6) is 0 Å². The predicted octanol–water partition coefficient (Wildman–Crippen LogP) is 0.634. The third-order valence-electron chi connectivity index (χ3n) is 1.69. The summed E-state index contributed by atoms with van der Waals surface area (Å²) in [6, 6.07) is 0.